The molecule has 0 radical (unpaired) electrons. The Bertz CT molecular complexity index is 725. The molecule has 2 aromatic carbocycles. The first kappa shape index (κ1) is 14.8. The monoisotopic (exact) mass is 354 g/mol. The summed E-state index contributed by atoms with van der Waals surface area (Å²) >= 11 is 3.42. The molecule has 0 bridgehead atoms. The van der Waals surface area contributed by atoms with Gasteiger partial charge in [0, 0.05) is 10.2 Å². The molecule has 0 heterocycles. The normalized spacial score (nSPS) is 14.9. The summed E-state index contributed by atoms with van der Waals surface area (Å²) in [7, 11) is 0. The molecule has 0 unspecified atom stereocenters. The molecule has 1 saturated carbocycles. The fourth-order valence-electron chi connectivity index (χ4n) is 2.59. The molecule has 1 fully saturated rings. The van der Waals surface area contributed by atoms with Gasteiger partial charge in [0.2, 0.25) is 5.91 Å². The summed E-state index contributed by atoms with van der Waals surface area (Å²) < 4.78 is 1.01. The Balaban J connectivity index is 1.74. The molecular formula is C18H15BrN2O. The van der Waals surface area contributed by atoms with Gasteiger partial charge in [-0.3, -0.25) is 4.79 Å². The van der Waals surface area contributed by atoms with Crippen LogP contribution in [0, 0.1) is 11.3 Å². The number of nitrogens with one attached hydrogen (secondary N) is 1. The van der Waals surface area contributed by atoms with Crippen molar-refractivity contribution in [2.24, 2.45) is 0 Å². The van der Waals surface area contributed by atoms with E-state index in [1.807, 2.05) is 48.5 Å². The van der Waals surface area contributed by atoms with Crippen LogP contribution in [-0.2, 0) is 16.6 Å². The molecule has 0 saturated heterocycles. The molecule has 110 valence electrons. The van der Waals surface area contributed by atoms with Gasteiger partial charge >= 0.3 is 0 Å². The zero-order chi connectivity index (χ0) is 15.6. The number of anilines is 1. The smallest absolute Gasteiger partial charge is 0.235 e. The van der Waals surface area contributed by atoms with Gasteiger partial charge in [0.05, 0.1) is 17.9 Å². The highest BCUT2D eigenvalue weighted by Crippen LogP contribution is 2.49. The Labute approximate surface area is 138 Å². The van der Waals surface area contributed by atoms with Crippen molar-refractivity contribution in [2.75, 3.05) is 5.32 Å². The molecule has 22 heavy (non-hydrogen) atoms. The van der Waals surface area contributed by atoms with Crippen LogP contribution in [0.3, 0.4) is 0 Å². The van der Waals surface area contributed by atoms with Crippen molar-refractivity contribution in [3.63, 3.8) is 0 Å². The second-order valence-electron chi connectivity index (χ2n) is 5.57. The van der Waals surface area contributed by atoms with E-state index >= 15 is 0 Å². The number of nitrogens with zero attached hydrogens (tertiary/aromatic N) is 1. The van der Waals surface area contributed by atoms with Crippen LogP contribution in [0.15, 0.2) is 53.0 Å². The zero-order valence-corrected chi connectivity index (χ0v) is 13.6. The van der Waals surface area contributed by atoms with Crippen molar-refractivity contribution in [3.8, 4) is 6.07 Å². The number of nitriles is 1. The maximum Gasteiger partial charge on any atom is 0.235 e. The summed E-state index contributed by atoms with van der Waals surface area (Å²) in [6.07, 6.45) is 2.15. The number of carbonyl (C=O) groups excluding carboxylic acids is 1. The molecule has 1 amide bonds. The molecule has 1 aliphatic rings. The van der Waals surface area contributed by atoms with E-state index in [4.69, 9.17) is 5.26 Å². The minimum Gasteiger partial charge on any atom is -0.325 e. The highest BCUT2D eigenvalue weighted by molar-refractivity contribution is 9.10. The van der Waals surface area contributed by atoms with Crippen molar-refractivity contribution in [3.05, 3.63) is 64.1 Å². The lowest BCUT2D eigenvalue weighted by atomic mass is 9.95. The summed E-state index contributed by atoms with van der Waals surface area (Å²) in [6, 6.07) is 17.5. The van der Waals surface area contributed by atoms with E-state index in [9.17, 15) is 4.79 Å². The molecule has 2 aromatic rings. The van der Waals surface area contributed by atoms with Gasteiger partial charge < -0.3 is 5.32 Å². The van der Waals surface area contributed by atoms with Gasteiger partial charge in [0.25, 0.3) is 0 Å². The number of benzene rings is 2. The number of rotatable bonds is 4. The first-order chi connectivity index (χ1) is 10.6. The summed E-state index contributed by atoms with van der Waals surface area (Å²) in [4.78, 5) is 12.6. The predicted molar refractivity (Wildman–Crippen MR) is 89.4 cm³/mol. The molecule has 1 aliphatic carbocycles. The molecule has 0 aliphatic heterocycles. The zero-order valence-electron chi connectivity index (χ0n) is 12.0. The number of carbonyl (C=O) groups is 1. The van der Waals surface area contributed by atoms with Gasteiger partial charge in [0.15, 0.2) is 0 Å². The van der Waals surface area contributed by atoms with E-state index in [1.54, 1.807) is 0 Å². The highest BCUT2D eigenvalue weighted by Gasteiger charge is 2.51. The quantitative estimate of drug-likeness (QED) is 0.894. The predicted octanol–water partition coefficient (Wildman–Crippen LogP) is 4.19. The summed E-state index contributed by atoms with van der Waals surface area (Å²) in [5, 5.41) is 11.7. The lowest BCUT2D eigenvalue weighted by Gasteiger charge is -2.16. The van der Waals surface area contributed by atoms with Crippen molar-refractivity contribution < 1.29 is 4.79 Å². The van der Waals surface area contributed by atoms with Crippen LogP contribution in [0.2, 0.25) is 0 Å². The maximum absolute atomic E-state index is 12.6. The second-order valence-corrected chi connectivity index (χ2v) is 6.49. The summed E-state index contributed by atoms with van der Waals surface area (Å²) in [5.41, 5.74) is 2.41. The van der Waals surface area contributed by atoms with Crippen molar-refractivity contribution in [2.45, 2.75) is 24.7 Å². The van der Waals surface area contributed by atoms with E-state index in [0.29, 0.717) is 6.42 Å². The molecule has 3 nitrogen and oxygen atoms in total. The Morgan fingerprint density at radius 1 is 1.14 bits per heavy atom. The third-order valence-electron chi connectivity index (χ3n) is 4.08. The van der Waals surface area contributed by atoms with Crippen LogP contribution < -0.4 is 5.32 Å². The minimum absolute atomic E-state index is 0.0443. The maximum atomic E-state index is 12.6. The number of amides is 1. The standard InChI is InChI=1S/C18H15BrN2O/c19-15-5-3-14(4-6-15)18(10-11-18)17(22)21-16-7-1-13(2-8-16)9-12-20/h1-8H,9-11H2,(H,21,22). The minimum atomic E-state index is -0.383. The molecule has 1 N–H and O–H groups in total. The van der Waals surface area contributed by atoms with Gasteiger partial charge in [-0.2, -0.15) is 5.26 Å². The van der Waals surface area contributed by atoms with Gasteiger partial charge in [-0.15, -0.1) is 0 Å². The largest absolute Gasteiger partial charge is 0.325 e. The fourth-order valence-corrected chi connectivity index (χ4v) is 2.85. The highest BCUT2D eigenvalue weighted by atomic mass is 79.9. The number of hydrogen-bond acceptors (Lipinski definition) is 2. The SMILES string of the molecule is N#CCc1ccc(NC(=O)C2(c3ccc(Br)cc3)CC2)cc1. The Hall–Kier alpha value is -2.12. The average Bonchev–Trinajstić information content (AvgIpc) is 3.32. The van der Waals surface area contributed by atoms with Gasteiger partial charge in [0.1, 0.15) is 0 Å². The topological polar surface area (TPSA) is 52.9 Å². The first-order valence-corrected chi connectivity index (χ1v) is 7.97. The molecule has 4 heteroatoms. The second kappa shape index (κ2) is 5.94. The molecule has 3 rings (SSSR count). The van der Waals surface area contributed by atoms with Crippen LogP contribution >= 0.6 is 15.9 Å². The van der Waals surface area contributed by atoms with Crippen molar-refractivity contribution >= 4 is 27.5 Å². The Morgan fingerprint density at radius 3 is 2.32 bits per heavy atom. The lowest BCUT2D eigenvalue weighted by Crippen LogP contribution is -2.27. The summed E-state index contributed by atoms with van der Waals surface area (Å²) in [5.74, 6) is 0.0443. The van der Waals surface area contributed by atoms with Crippen molar-refractivity contribution in [1.29, 1.82) is 5.26 Å². The van der Waals surface area contributed by atoms with Crippen LogP contribution in [0.1, 0.15) is 24.0 Å². The molecule has 0 spiro atoms. The van der Waals surface area contributed by atoms with Gasteiger partial charge in [-0.1, -0.05) is 40.2 Å². The third-order valence-corrected chi connectivity index (χ3v) is 4.61. The Kier molecular flexibility index (Phi) is 4.00. The number of hydrogen-bond donors (Lipinski definition) is 1. The molecule has 0 atom stereocenters. The van der Waals surface area contributed by atoms with Crippen LogP contribution in [0.5, 0.6) is 0 Å². The van der Waals surface area contributed by atoms with E-state index in [-0.39, 0.29) is 11.3 Å². The molecule has 0 aromatic heterocycles. The lowest BCUT2D eigenvalue weighted by molar-refractivity contribution is -0.118. The average molecular weight is 355 g/mol. The fraction of sp³-hybridized carbons (Fsp3) is 0.222. The number of halogens is 1. The van der Waals surface area contributed by atoms with Gasteiger partial charge in [-0.05, 0) is 48.2 Å². The summed E-state index contributed by atoms with van der Waals surface area (Å²) in [6.45, 7) is 0. The molecular weight excluding hydrogens is 340 g/mol. The van der Waals surface area contributed by atoms with E-state index in [0.717, 1.165) is 34.1 Å². The van der Waals surface area contributed by atoms with Crippen LogP contribution in [-0.4, -0.2) is 5.91 Å². The third kappa shape index (κ3) is 2.90. The first-order valence-electron chi connectivity index (χ1n) is 7.17. The van der Waals surface area contributed by atoms with Gasteiger partial charge in [-0.25, -0.2) is 0 Å². The van der Waals surface area contributed by atoms with Crippen LogP contribution in [0.25, 0.3) is 0 Å². The van der Waals surface area contributed by atoms with E-state index in [2.05, 4.69) is 27.3 Å². The van der Waals surface area contributed by atoms with Crippen molar-refractivity contribution in [1.82, 2.24) is 0 Å². The van der Waals surface area contributed by atoms with E-state index in [1.165, 1.54) is 0 Å². The van der Waals surface area contributed by atoms with E-state index < -0.39 is 0 Å². The van der Waals surface area contributed by atoms with Crippen LogP contribution in [0.4, 0.5) is 5.69 Å². The Morgan fingerprint density at radius 2 is 1.77 bits per heavy atom.